The van der Waals surface area contributed by atoms with E-state index in [2.05, 4.69) is 10.6 Å². The van der Waals surface area contributed by atoms with Crippen LogP contribution in [0.5, 0.6) is 0 Å². The quantitative estimate of drug-likeness (QED) is 0.520. The second kappa shape index (κ2) is 16.3. The number of aryl methyl sites for hydroxylation is 4. The van der Waals surface area contributed by atoms with E-state index in [-0.39, 0.29) is 35.5 Å². The SMILES string of the molecule is CC(=O)Nc1cc(C)c(C)cc1[N+](=O)[O-].CC(=O)Nc1ccc(C)c(C)c1.O=C=O.O=C=O. The zero-order chi connectivity index (χ0) is 26.1. The molecule has 2 amide bonds. The minimum Gasteiger partial charge on any atom is -0.326 e. The van der Waals surface area contributed by atoms with Gasteiger partial charge in [-0.15, -0.1) is 0 Å². The molecule has 0 atom stereocenters. The van der Waals surface area contributed by atoms with Crippen molar-refractivity contribution < 1.29 is 33.7 Å². The number of carbonyl (C=O) groups excluding carboxylic acids is 6. The Morgan fingerprint density at radius 1 is 0.758 bits per heavy atom. The Kier molecular flexibility index (Phi) is 15.1. The van der Waals surface area contributed by atoms with Crippen molar-refractivity contribution in [3.05, 3.63) is 62.7 Å². The summed E-state index contributed by atoms with van der Waals surface area (Å²) in [5, 5.41) is 15.9. The number of hydrogen-bond acceptors (Lipinski definition) is 8. The van der Waals surface area contributed by atoms with Crippen molar-refractivity contribution in [3.63, 3.8) is 0 Å². The van der Waals surface area contributed by atoms with Gasteiger partial charge in [-0.2, -0.15) is 19.2 Å². The lowest BCUT2D eigenvalue weighted by molar-refractivity contribution is -0.384. The molecule has 0 fully saturated rings. The van der Waals surface area contributed by atoms with Gasteiger partial charge in [-0.3, -0.25) is 19.7 Å². The largest absolute Gasteiger partial charge is 0.373 e. The molecule has 0 saturated heterocycles. The van der Waals surface area contributed by atoms with E-state index in [1.54, 1.807) is 13.0 Å². The molecule has 176 valence electrons. The van der Waals surface area contributed by atoms with Crippen LogP contribution in [0.25, 0.3) is 0 Å². The molecule has 2 aromatic rings. The van der Waals surface area contributed by atoms with Crippen LogP contribution in [0.3, 0.4) is 0 Å². The number of hydrogen-bond donors (Lipinski definition) is 2. The standard InChI is InChI=1S/C10H12N2O3.C10H13NO.2CO2/c1-6-4-9(11-8(3)13)10(12(14)15)5-7(6)2;1-7-4-5-10(6-8(7)2)11-9(3)12;2*2-1-3/h4-5H,1-3H3,(H,11,13);4-6H,1-3H3,(H,11,12);;. The average Bonchev–Trinajstić information content (AvgIpc) is 2.68. The molecule has 0 heterocycles. The fourth-order valence-corrected chi connectivity index (χ4v) is 2.26. The van der Waals surface area contributed by atoms with Gasteiger partial charge in [0.25, 0.3) is 5.69 Å². The Bertz CT molecular complexity index is 1040. The normalized spacial score (nSPS) is 8.42. The molecule has 0 saturated carbocycles. The first kappa shape index (κ1) is 30.7. The predicted octanol–water partition coefficient (Wildman–Crippen LogP) is 3.26. The van der Waals surface area contributed by atoms with E-state index in [4.69, 9.17) is 19.2 Å². The van der Waals surface area contributed by atoms with E-state index in [1.807, 2.05) is 39.0 Å². The molecule has 2 rings (SSSR count). The smallest absolute Gasteiger partial charge is 0.326 e. The number of carbonyl (C=O) groups is 2. The van der Waals surface area contributed by atoms with Crippen molar-refractivity contribution in [3.8, 4) is 0 Å². The monoisotopic (exact) mass is 459 g/mol. The molecular formula is C22H25N3O8. The van der Waals surface area contributed by atoms with Crippen LogP contribution in [0.2, 0.25) is 0 Å². The minimum atomic E-state index is -0.502. The highest BCUT2D eigenvalue weighted by Gasteiger charge is 2.15. The van der Waals surface area contributed by atoms with E-state index in [9.17, 15) is 19.7 Å². The molecule has 2 N–H and O–H groups in total. The third-order valence-corrected chi connectivity index (χ3v) is 3.95. The summed E-state index contributed by atoms with van der Waals surface area (Å²) in [7, 11) is 0. The van der Waals surface area contributed by atoms with Gasteiger partial charge in [-0.05, 0) is 68.1 Å². The highest BCUT2D eigenvalue weighted by molar-refractivity contribution is 5.91. The maximum atomic E-state index is 10.9. The first-order valence-corrected chi connectivity index (χ1v) is 9.21. The van der Waals surface area contributed by atoms with Crippen LogP contribution in [0, 0.1) is 37.8 Å². The number of nitrogens with zero attached hydrogens (tertiary/aromatic N) is 1. The van der Waals surface area contributed by atoms with Gasteiger partial charge in [-0.1, -0.05) is 6.07 Å². The van der Waals surface area contributed by atoms with Crippen molar-refractivity contribution in [2.75, 3.05) is 10.6 Å². The van der Waals surface area contributed by atoms with E-state index in [0.29, 0.717) is 0 Å². The summed E-state index contributed by atoms with van der Waals surface area (Å²) in [5.74, 6) is -0.348. The highest BCUT2D eigenvalue weighted by Crippen LogP contribution is 2.27. The number of nitrogens with one attached hydrogen (secondary N) is 2. The Morgan fingerprint density at radius 2 is 1.18 bits per heavy atom. The lowest BCUT2D eigenvalue weighted by Gasteiger charge is -2.06. The third-order valence-electron chi connectivity index (χ3n) is 3.95. The molecule has 11 heteroatoms. The molecule has 33 heavy (non-hydrogen) atoms. The van der Waals surface area contributed by atoms with Crippen molar-refractivity contribution in [2.45, 2.75) is 41.5 Å². The average molecular weight is 459 g/mol. The van der Waals surface area contributed by atoms with Crippen LogP contribution in [-0.4, -0.2) is 29.0 Å². The fraction of sp³-hybridized carbons (Fsp3) is 0.273. The Balaban J connectivity index is 0. The molecular weight excluding hydrogens is 434 g/mol. The van der Waals surface area contributed by atoms with Crippen LogP contribution >= 0.6 is 0 Å². The van der Waals surface area contributed by atoms with Crippen molar-refractivity contribution in [1.82, 2.24) is 0 Å². The van der Waals surface area contributed by atoms with Crippen molar-refractivity contribution >= 4 is 41.2 Å². The van der Waals surface area contributed by atoms with Crippen LogP contribution in [0.1, 0.15) is 36.1 Å². The molecule has 0 spiro atoms. The predicted molar refractivity (Wildman–Crippen MR) is 117 cm³/mol. The summed E-state index contributed by atoms with van der Waals surface area (Å²) in [4.78, 5) is 64.3. The van der Waals surface area contributed by atoms with Gasteiger partial charge in [-0.25, -0.2) is 0 Å². The Hall–Kier alpha value is -4.46. The number of amides is 2. The summed E-state index contributed by atoms with van der Waals surface area (Å²) in [6, 6.07) is 8.94. The molecule has 0 radical (unpaired) electrons. The Morgan fingerprint density at radius 3 is 1.58 bits per heavy atom. The number of rotatable bonds is 3. The fourth-order valence-electron chi connectivity index (χ4n) is 2.26. The molecule has 0 bridgehead atoms. The molecule has 0 unspecified atom stereocenters. The first-order valence-electron chi connectivity index (χ1n) is 9.21. The molecule has 0 aromatic heterocycles. The molecule has 2 aromatic carbocycles. The summed E-state index contributed by atoms with van der Waals surface area (Å²) in [6.45, 7) is 10.5. The molecule has 0 aliphatic carbocycles. The van der Waals surface area contributed by atoms with Crippen LogP contribution in [0.15, 0.2) is 30.3 Å². The lowest BCUT2D eigenvalue weighted by Crippen LogP contribution is -2.08. The summed E-state index contributed by atoms with van der Waals surface area (Å²) in [6.07, 6.45) is 0.500. The van der Waals surface area contributed by atoms with E-state index in [0.717, 1.165) is 16.8 Å². The summed E-state index contributed by atoms with van der Waals surface area (Å²) < 4.78 is 0. The second-order valence-electron chi connectivity index (χ2n) is 6.54. The molecule has 0 aliphatic heterocycles. The van der Waals surface area contributed by atoms with E-state index in [1.165, 1.54) is 31.0 Å². The number of anilines is 2. The minimum absolute atomic E-state index is 0.0294. The van der Waals surface area contributed by atoms with Gasteiger partial charge >= 0.3 is 12.3 Å². The van der Waals surface area contributed by atoms with Gasteiger partial charge in [0.2, 0.25) is 11.8 Å². The van der Waals surface area contributed by atoms with Gasteiger partial charge < -0.3 is 10.6 Å². The molecule has 0 aliphatic rings. The number of nitro groups is 1. The zero-order valence-corrected chi connectivity index (χ0v) is 19.1. The van der Waals surface area contributed by atoms with E-state index < -0.39 is 4.92 Å². The van der Waals surface area contributed by atoms with Gasteiger partial charge in [0.1, 0.15) is 5.69 Å². The molecule has 11 nitrogen and oxygen atoms in total. The number of nitro benzene ring substituents is 1. The summed E-state index contributed by atoms with van der Waals surface area (Å²) in [5.41, 5.74) is 5.21. The maximum absolute atomic E-state index is 10.9. The summed E-state index contributed by atoms with van der Waals surface area (Å²) >= 11 is 0. The van der Waals surface area contributed by atoms with Crippen LogP contribution in [-0.2, 0) is 28.8 Å². The second-order valence-corrected chi connectivity index (χ2v) is 6.54. The van der Waals surface area contributed by atoms with Gasteiger partial charge in [0, 0.05) is 25.6 Å². The van der Waals surface area contributed by atoms with Crippen LogP contribution in [0.4, 0.5) is 17.1 Å². The Labute approximate surface area is 190 Å². The van der Waals surface area contributed by atoms with Gasteiger partial charge in [0.05, 0.1) is 4.92 Å². The maximum Gasteiger partial charge on any atom is 0.373 e. The third kappa shape index (κ3) is 13.5. The van der Waals surface area contributed by atoms with Crippen LogP contribution < -0.4 is 10.6 Å². The number of benzene rings is 2. The van der Waals surface area contributed by atoms with Crippen molar-refractivity contribution in [2.24, 2.45) is 0 Å². The lowest BCUT2D eigenvalue weighted by atomic mass is 10.1. The van der Waals surface area contributed by atoms with Crippen molar-refractivity contribution in [1.29, 1.82) is 0 Å². The van der Waals surface area contributed by atoms with Gasteiger partial charge in [0.15, 0.2) is 0 Å². The topological polar surface area (TPSA) is 170 Å². The highest BCUT2D eigenvalue weighted by atomic mass is 16.6. The first-order chi connectivity index (χ1) is 15.3. The van der Waals surface area contributed by atoms with E-state index >= 15 is 0 Å². The zero-order valence-electron chi connectivity index (χ0n) is 19.1.